The van der Waals surface area contributed by atoms with Gasteiger partial charge >= 0.3 is 0 Å². The van der Waals surface area contributed by atoms with Gasteiger partial charge in [0.25, 0.3) is 5.69 Å². The number of carbonyl (C=O) groups is 1. The number of hydrogen-bond donors (Lipinski definition) is 1. The van der Waals surface area contributed by atoms with Crippen molar-refractivity contribution in [2.45, 2.75) is 13.0 Å². The molecular formula is C13H13ClN4O4. The summed E-state index contributed by atoms with van der Waals surface area (Å²) in [5.74, 6) is -0.00229. The van der Waals surface area contributed by atoms with Gasteiger partial charge in [0, 0.05) is 31.3 Å². The summed E-state index contributed by atoms with van der Waals surface area (Å²) in [7, 11) is 1.39. The molecule has 0 saturated heterocycles. The number of nitro groups is 1. The van der Waals surface area contributed by atoms with Crippen molar-refractivity contribution in [2.24, 2.45) is 0 Å². The molecule has 1 aromatic heterocycles. The molecule has 8 nitrogen and oxygen atoms in total. The van der Waals surface area contributed by atoms with E-state index < -0.39 is 4.92 Å². The number of rotatable bonds is 6. The average Bonchev–Trinajstić information content (AvgIpc) is 2.90. The van der Waals surface area contributed by atoms with Crippen LogP contribution in [0.4, 0.5) is 11.4 Å². The molecule has 0 aliphatic heterocycles. The highest BCUT2D eigenvalue weighted by atomic mass is 35.5. The summed E-state index contributed by atoms with van der Waals surface area (Å²) in [5.41, 5.74) is 0.142. The van der Waals surface area contributed by atoms with Gasteiger partial charge in [-0.2, -0.15) is 5.10 Å². The molecule has 0 radical (unpaired) electrons. The number of nitrogens with zero attached hydrogens (tertiary/aromatic N) is 3. The van der Waals surface area contributed by atoms with E-state index in [-0.39, 0.29) is 18.0 Å². The van der Waals surface area contributed by atoms with E-state index in [0.717, 1.165) is 0 Å². The van der Waals surface area contributed by atoms with Crippen molar-refractivity contribution < 1.29 is 14.5 Å². The van der Waals surface area contributed by atoms with Gasteiger partial charge in [-0.15, -0.1) is 0 Å². The van der Waals surface area contributed by atoms with Crippen LogP contribution in [0.25, 0.3) is 0 Å². The second kappa shape index (κ2) is 6.90. The van der Waals surface area contributed by atoms with Crippen LogP contribution in [0, 0.1) is 10.1 Å². The van der Waals surface area contributed by atoms with Crippen molar-refractivity contribution in [2.75, 3.05) is 12.4 Å². The van der Waals surface area contributed by atoms with Crippen LogP contribution in [0.15, 0.2) is 30.6 Å². The van der Waals surface area contributed by atoms with Gasteiger partial charge in [0.05, 0.1) is 35.0 Å². The van der Waals surface area contributed by atoms with Gasteiger partial charge in [0.15, 0.2) is 0 Å². The van der Waals surface area contributed by atoms with Crippen LogP contribution in [0.5, 0.6) is 5.75 Å². The predicted octanol–water partition coefficient (Wildman–Crippen LogP) is 2.48. The first-order chi connectivity index (χ1) is 10.5. The van der Waals surface area contributed by atoms with E-state index in [0.29, 0.717) is 23.0 Å². The zero-order valence-electron chi connectivity index (χ0n) is 11.7. The number of nitrogens with one attached hydrogen (secondary N) is 1. The van der Waals surface area contributed by atoms with Crippen LogP contribution in [0.2, 0.25) is 5.02 Å². The quantitative estimate of drug-likeness (QED) is 0.650. The van der Waals surface area contributed by atoms with Gasteiger partial charge < -0.3 is 10.1 Å². The molecule has 1 amide bonds. The van der Waals surface area contributed by atoms with Crippen molar-refractivity contribution >= 4 is 28.9 Å². The summed E-state index contributed by atoms with van der Waals surface area (Å²) in [6.45, 7) is 0.352. The van der Waals surface area contributed by atoms with Crippen LogP contribution < -0.4 is 10.1 Å². The largest absolute Gasteiger partial charge is 0.496 e. The van der Waals surface area contributed by atoms with Gasteiger partial charge in [-0.05, 0) is 0 Å². The standard InChI is InChI=1S/C13H13ClN4O4/c1-22-12-5-10(4-11(6-12)18(20)21)16-13(19)2-3-17-8-9(14)7-15-17/h4-8H,2-3H2,1H3,(H,16,19). The maximum Gasteiger partial charge on any atom is 0.275 e. The third kappa shape index (κ3) is 4.19. The van der Waals surface area contributed by atoms with Crippen molar-refractivity contribution in [1.29, 1.82) is 0 Å². The number of non-ortho nitro benzene ring substituents is 1. The Bertz CT molecular complexity index is 701. The molecular weight excluding hydrogens is 312 g/mol. The molecule has 9 heteroatoms. The van der Waals surface area contributed by atoms with E-state index in [4.69, 9.17) is 16.3 Å². The molecule has 0 saturated carbocycles. The number of nitro benzene ring substituents is 1. The fourth-order valence-corrected chi connectivity index (χ4v) is 1.94. The average molecular weight is 325 g/mol. The van der Waals surface area contributed by atoms with Gasteiger partial charge in [0.2, 0.25) is 5.91 Å². The van der Waals surface area contributed by atoms with Gasteiger partial charge in [-0.25, -0.2) is 0 Å². The van der Waals surface area contributed by atoms with Crippen molar-refractivity contribution in [3.05, 3.63) is 45.7 Å². The van der Waals surface area contributed by atoms with Gasteiger partial charge in [-0.3, -0.25) is 19.6 Å². The first-order valence-corrected chi connectivity index (χ1v) is 6.67. The Hall–Kier alpha value is -2.61. The summed E-state index contributed by atoms with van der Waals surface area (Å²) in [6, 6.07) is 4.06. The summed E-state index contributed by atoms with van der Waals surface area (Å²) < 4.78 is 6.51. The van der Waals surface area contributed by atoms with Crippen LogP contribution in [0.1, 0.15) is 6.42 Å². The Morgan fingerprint density at radius 3 is 2.86 bits per heavy atom. The highest BCUT2D eigenvalue weighted by Crippen LogP contribution is 2.25. The number of aromatic nitrogens is 2. The number of benzene rings is 1. The van der Waals surface area contributed by atoms with Crippen LogP contribution in [-0.4, -0.2) is 27.7 Å². The van der Waals surface area contributed by atoms with E-state index in [2.05, 4.69) is 10.4 Å². The van der Waals surface area contributed by atoms with E-state index in [1.165, 1.54) is 36.2 Å². The topological polar surface area (TPSA) is 99.3 Å². The molecule has 1 heterocycles. The summed E-state index contributed by atoms with van der Waals surface area (Å²) in [6.07, 6.45) is 3.24. The van der Waals surface area contributed by atoms with Crippen molar-refractivity contribution in [1.82, 2.24) is 9.78 Å². The number of hydrogen-bond acceptors (Lipinski definition) is 5. The SMILES string of the molecule is COc1cc(NC(=O)CCn2cc(Cl)cn2)cc([N+](=O)[O-])c1. The molecule has 0 aliphatic carbocycles. The Labute approximate surface area is 130 Å². The minimum atomic E-state index is -0.552. The fraction of sp³-hybridized carbons (Fsp3) is 0.231. The molecule has 0 bridgehead atoms. The lowest BCUT2D eigenvalue weighted by molar-refractivity contribution is -0.384. The lowest BCUT2D eigenvalue weighted by Crippen LogP contribution is -2.14. The number of ether oxygens (including phenoxy) is 1. The highest BCUT2D eigenvalue weighted by molar-refractivity contribution is 6.30. The Balaban J connectivity index is 2.01. The zero-order valence-corrected chi connectivity index (χ0v) is 12.4. The van der Waals surface area contributed by atoms with Crippen molar-refractivity contribution in [3.63, 3.8) is 0 Å². The number of carbonyl (C=O) groups excluding carboxylic acids is 1. The fourth-order valence-electron chi connectivity index (χ4n) is 1.78. The molecule has 2 rings (SSSR count). The Morgan fingerprint density at radius 2 is 2.27 bits per heavy atom. The molecule has 116 valence electrons. The molecule has 0 spiro atoms. The lowest BCUT2D eigenvalue weighted by Gasteiger charge is -2.07. The van der Waals surface area contributed by atoms with Gasteiger partial charge in [0.1, 0.15) is 5.75 Å². The third-order valence-electron chi connectivity index (χ3n) is 2.79. The first-order valence-electron chi connectivity index (χ1n) is 6.29. The van der Waals surface area contributed by atoms with Crippen LogP contribution >= 0.6 is 11.6 Å². The van der Waals surface area contributed by atoms with Crippen LogP contribution in [-0.2, 0) is 11.3 Å². The number of halogens is 1. The monoisotopic (exact) mass is 324 g/mol. The maximum atomic E-state index is 11.9. The molecule has 1 aromatic carbocycles. The van der Waals surface area contributed by atoms with E-state index in [1.54, 1.807) is 6.20 Å². The second-order valence-corrected chi connectivity index (χ2v) is 4.83. The Morgan fingerprint density at radius 1 is 1.50 bits per heavy atom. The smallest absolute Gasteiger partial charge is 0.275 e. The van der Waals surface area contributed by atoms with E-state index in [1.807, 2.05) is 0 Å². The second-order valence-electron chi connectivity index (χ2n) is 4.40. The molecule has 1 N–H and O–H groups in total. The third-order valence-corrected chi connectivity index (χ3v) is 2.99. The normalized spacial score (nSPS) is 10.3. The molecule has 0 atom stereocenters. The number of methoxy groups -OCH3 is 1. The minimum Gasteiger partial charge on any atom is -0.496 e. The molecule has 22 heavy (non-hydrogen) atoms. The van der Waals surface area contributed by atoms with Crippen LogP contribution in [0.3, 0.4) is 0 Å². The molecule has 0 fully saturated rings. The highest BCUT2D eigenvalue weighted by Gasteiger charge is 2.12. The van der Waals surface area contributed by atoms with E-state index >= 15 is 0 Å². The minimum absolute atomic E-state index is 0.156. The molecule has 0 unspecified atom stereocenters. The summed E-state index contributed by atoms with van der Waals surface area (Å²) in [4.78, 5) is 22.2. The number of anilines is 1. The first kappa shape index (κ1) is 15.8. The predicted molar refractivity (Wildman–Crippen MR) is 80.1 cm³/mol. The molecule has 0 aliphatic rings. The summed E-state index contributed by atoms with van der Waals surface area (Å²) >= 11 is 5.72. The molecule has 2 aromatic rings. The van der Waals surface area contributed by atoms with E-state index in [9.17, 15) is 14.9 Å². The maximum absolute atomic E-state index is 11.9. The van der Waals surface area contributed by atoms with Gasteiger partial charge in [-0.1, -0.05) is 11.6 Å². The Kier molecular flexibility index (Phi) is 4.95. The summed E-state index contributed by atoms with van der Waals surface area (Å²) in [5, 5.41) is 17.9. The number of aryl methyl sites for hydroxylation is 1. The zero-order chi connectivity index (χ0) is 16.1. The lowest BCUT2D eigenvalue weighted by atomic mass is 10.2. The van der Waals surface area contributed by atoms with Crippen molar-refractivity contribution in [3.8, 4) is 5.75 Å². The number of amides is 1.